The standard InChI is InChI=1S/C22H25N5O3/c1-16-20(17(2)30-24-16)14-21(28)25-10-12-26(13-11-25)22(29)19-6-4-18(5-7-19)15-27-9-3-8-23-27/h3-9H,10-15H2,1-2H3. The Morgan fingerprint density at radius 1 is 1.03 bits per heavy atom. The number of piperazine rings is 1. The predicted octanol–water partition coefficient (Wildman–Crippen LogP) is 2.06. The van der Waals surface area contributed by atoms with Gasteiger partial charge in [0, 0.05) is 49.7 Å². The number of aromatic nitrogens is 3. The minimum atomic E-state index is -0.00142. The quantitative estimate of drug-likeness (QED) is 0.646. The highest BCUT2D eigenvalue weighted by atomic mass is 16.5. The van der Waals surface area contributed by atoms with Crippen LogP contribution in [0.2, 0.25) is 0 Å². The highest BCUT2D eigenvalue weighted by Crippen LogP contribution is 2.16. The van der Waals surface area contributed by atoms with Crippen molar-refractivity contribution in [3.8, 4) is 0 Å². The van der Waals surface area contributed by atoms with Gasteiger partial charge in [0.15, 0.2) is 0 Å². The second kappa shape index (κ2) is 8.52. The molecule has 156 valence electrons. The molecule has 2 aromatic heterocycles. The topological polar surface area (TPSA) is 84.5 Å². The summed E-state index contributed by atoms with van der Waals surface area (Å²) >= 11 is 0. The lowest BCUT2D eigenvalue weighted by atomic mass is 10.1. The molecule has 0 N–H and O–H groups in total. The molecule has 1 aliphatic rings. The number of carbonyl (C=O) groups excluding carboxylic acids is 2. The van der Waals surface area contributed by atoms with Crippen LogP contribution in [0.5, 0.6) is 0 Å². The molecule has 0 spiro atoms. The van der Waals surface area contributed by atoms with Crippen molar-refractivity contribution < 1.29 is 14.1 Å². The van der Waals surface area contributed by atoms with Crippen LogP contribution in [-0.4, -0.2) is 62.7 Å². The van der Waals surface area contributed by atoms with Gasteiger partial charge >= 0.3 is 0 Å². The first-order chi connectivity index (χ1) is 14.5. The first-order valence-electron chi connectivity index (χ1n) is 10.1. The molecule has 0 aliphatic carbocycles. The number of nitrogens with zero attached hydrogens (tertiary/aromatic N) is 5. The van der Waals surface area contributed by atoms with Gasteiger partial charge < -0.3 is 14.3 Å². The molecular weight excluding hydrogens is 382 g/mol. The van der Waals surface area contributed by atoms with E-state index in [1.54, 1.807) is 6.20 Å². The van der Waals surface area contributed by atoms with E-state index in [0.29, 0.717) is 44.0 Å². The van der Waals surface area contributed by atoms with Crippen LogP contribution in [0.15, 0.2) is 47.2 Å². The zero-order valence-corrected chi connectivity index (χ0v) is 17.2. The highest BCUT2D eigenvalue weighted by molar-refractivity contribution is 5.94. The van der Waals surface area contributed by atoms with Gasteiger partial charge in [0.25, 0.3) is 5.91 Å². The summed E-state index contributed by atoms with van der Waals surface area (Å²) in [5.74, 6) is 0.726. The molecule has 2 amide bonds. The average molecular weight is 407 g/mol. The molecule has 0 saturated carbocycles. The molecule has 1 saturated heterocycles. The molecule has 0 radical (unpaired) electrons. The molecule has 0 unspecified atom stereocenters. The van der Waals surface area contributed by atoms with Crippen LogP contribution < -0.4 is 0 Å². The van der Waals surface area contributed by atoms with Crippen molar-refractivity contribution in [1.29, 1.82) is 0 Å². The van der Waals surface area contributed by atoms with Gasteiger partial charge in [0.1, 0.15) is 5.76 Å². The first kappa shape index (κ1) is 19.9. The van der Waals surface area contributed by atoms with E-state index in [4.69, 9.17) is 4.52 Å². The average Bonchev–Trinajstić information content (AvgIpc) is 3.39. The number of hydrogen-bond acceptors (Lipinski definition) is 5. The molecule has 4 rings (SSSR count). The SMILES string of the molecule is Cc1noc(C)c1CC(=O)N1CCN(C(=O)c2ccc(Cn3cccn3)cc2)CC1. The van der Waals surface area contributed by atoms with E-state index >= 15 is 0 Å². The fraction of sp³-hybridized carbons (Fsp3) is 0.364. The van der Waals surface area contributed by atoms with Crippen molar-refractivity contribution in [3.05, 3.63) is 70.9 Å². The summed E-state index contributed by atoms with van der Waals surface area (Å²) in [6.45, 7) is 6.46. The highest BCUT2D eigenvalue weighted by Gasteiger charge is 2.26. The second-order valence-electron chi connectivity index (χ2n) is 7.55. The third-order valence-electron chi connectivity index (χ3n) is 5.53. The normalized spacial score (nSPS) is 14.2. The Morgan fingerprint density at radius 3 is 2.33 bits per heavy atom. The van der Waals surface area contributed by atoms with Crippen molar-refractivity contribution in [2.45, 2.75) is 26.8 Å². The predicted molar refractivity (Wildman–Crippen MR) is 110 cm³/mol. The number of carbonyl (C=O) groups is 2. The third-order valence-corrected chi connectivity index (χ3v) is 5.53. The van der Waals surface area contributed by atoms with E-state index in [1.807, 2.05) is 64.9 Å². The smallest absolute Gasteiger partial charge is 0.253 e. The van der Waals surface area contributed by atoms with E-state index < -0.39 is 0 Å². The summed E-state index contributed by atoms with van der Waals surface area (Å²) in [4.78, 5) is 29.1. The summed E-state index contributed by atoms with van der Waals surface area (Å²) in [7, 11) is 0. The molecule has 3 heterocycles. The van der Waals surface area contributed by atoms with Crippen LogP contribution in [0.25, 0.3) is 0 Å². The van der Waals surface area contributed by atoms with Gasteiger partial charge in [-0.1, -0.05) is 17.3 Å². The molecule has 0 bridgehead atoms. The molecule has 0 atom stereocenters. The van der Waals surface area contributed by atoms with E-state index in [9.17, 15) is 9.59 Å². The van der Waals surface area contributed by atoms with Crippen molar-refractivity contribution in [3.63, 3.8) is 0 Å². The van der Waals surface area contributed by atoms with Crippen molar-refractivity contribution >= 4 is 11.8 Å². The lowest BCUT2D eigenvalue weighted by Gasteiger charge is -2.35. The number of rotatable bonds is 5. The maximum absolute atomic E-state index is 12.8. The fourth-order valence-electron chi connectivity index (χ4n) is 3.69. The van der Waals surface area contributed by atoms with Gasteiger partial charge in [-0.05, 0) is 37.6 Å². The van der Waals surface area contributed by atoms with Gasteiger partial charge in [0.2, 0.25) is 5.91 Å². The molecule has 1 aromatic carbocycles. The van der Waals surface area contributed by atoms with E-state index in [0.717, 1.165) is 16.8 Å². The summed E-state index contributed by atoms with van der Waals surface area (Å²) in [5.41, 5.74) is 3.36. The number of amides is 2. The zero-order chi connectivity index (χ0) is 21.1. The summed E-state index contributed by atoms with van der Waals surface area (Å²) in [6.07, 6.45) is 3.94. The minimum Gasteiger partial charge on any atom is -0.361 e. The maximum atomic E-state index is 12.8. The zero-order valence-electron chi connectivity index (χ0n) is 17.2. The molecular formula is C22H25N5O3. The number of benzene rings is 1. The van der Waals surface area contributed by atoms with Gasteiger partial charge in [-0.2, -0.15) is 5.10 Å². The van der Waals surface area contributed by atoms with Gasteiger partial charge in [0.05, 0.1) is 18.7 Å². The number of hydrogen-bond donors (Lipinski definition) is 0. The van der Waals surface area contributed by atoms with Crippen LogP contribution in [-0.2, 0) is 17.8 Å². The molecule has 1 fully saturated rings. The minimum absolute atomic E-state index is 0.00142. The number of aryl methyl sites for hydroxylation is 2. The Balaban J connectivity index is 1.31. The van der Waals surface area contributed by atoms with Gasteiger partial charge in [-0.25, -0.2) is 0 Å². The van der Waals surface area contributed by atoms with E-state index in [2.05, 4.69) is 10.3 Å². The molecule has 8 heteroatoms. The van der Waals surface area contributed by atoms with Crippen LogP contribution in [0.4, 0.5) is 0 Å². The third kappa shape index (κ3) is 4.27. The Kier molecular flexibility index (Phi) is 5.65. The Bertz CT molecular complexity index is 996. The largest absolute Gasteiger partial charge is 0.361 e. The van der Waals surface area contributed by atoms with Crippen LogP contribution in [0.3, 0.4) is 0 Å². The van der Waals surface area contributed by atoms with Crippen LogP contribution in [0.1, 0.15) is 32.9 Å². The van der Waals surface area contributed by atoms with Crippen molar-refractivity contribution in [2.75, 3.05) is 26.2 Å². The van der Waals surface area contributed by atoms with Crippen LogP contribution >= 0.6 is 0 Å². The van der Waals surface area contributed by atoms with E-state index in [-0.39, 0.29) is 18.2 Å². The van der Waals surface area contributed by atoms with Crippen molar-refractivity contribution in [2.24, 2.45) is 0 Å². The summed E-state index contributed by atoms with van der Waals surface area (Å²) in [6, 6.07) is 9.51. The van der Waals surface area contributed by atoms with Crippen LogP contribution in [0, 0.1) is 13.8 Å². The van der Waals surface area contributed by atoms with Gasteiger partial charge in [-0.3, -0.25) is 14.3 Å². The van der Waals surface area contributed by atoms with Gasteiger partial charge in [-0.15, -0.1) is 0 Å². The van der Waals surface area contributed by atoms with E-state index in [1.165, 1.54) is 0 Å². The molecule has 3 aromatic rings. The Labute approximate surface area is 175 Å². The molecule has 8 nitrogen and oxygen atoms in total. The first-order valence-corrected chi connectivity index (χ1v) is 10.1. The molecule has 1 aliphatic heterocycles. The Hall–Kier alpha value is -3.42. The lowest BCUT2D eigenvalue weighted by molar-refractivity contribution is -0.131. The van der Waals surface area contributed by atoms with Crippen molar-refractivity contribution in [1.82, 2.24) is 24.7 Å². The Morgan fingerprint density at radius 2 is 1.73 bits per heavy atom. The lowest BCUT2D eigenvalue weighted by Crippen LogP contribution is -2.51. The maximum Gasteiger partial charge on any atom is 0.253 e. The fourth-order valence-corrected chi connectivity index (χ4v) is 3.69. The monoisotopic (exact) mass is 407 g/mol. The summed E-state index contributed by atoms with van der Waals surface area (Å²) in [5, 5.41) is 8.10. The summed E-state index contributed by atoms with van der Waals surface area (Å²) < 4.78 is 6.98. The molecule has 30 heavy (non-hydrogen) atoms. The second-order valence-corrected chi connectivity index (χ2v) is 7.55.